The number of carboxylic acid groups (broad SMARTS) is 1. The summed E-state index contributed by atoms with van der Waals surface area (Å²) in [6, 6.07) is 8.18. The van der Waals surface area contributed by atoms with Crippen molar-refractivity contribution in [2.75, 3.05) is 27.2 Å². The fourth-order valence-corrected chi connectivity index (χ4v) is 1.71. The highest BCUT2D eigenvalue weighted by Gasteiger charge is 2.17. The second-order valence-corrected chi connectivity index (χ2v) is 4.76. The SMILES string of the molecule is CN(C)CCNC(=O)NC(CC(=O)O)c1ccccc1. The number of hydrogen-bond donors (Lipinski definition) is 3. The molecule has 1 rings (SSSR count). The highest BCUT2D eigenvalue weighted by Crippen LogP contribution is 2.16. The van der Waals surface area contributed by atoms with Crippen molar-refractivity contribution in [2.45, 2.75) is 12.5 Å². The summed E-state index contributed by atoms with van der Waals surface area (Å²) in [5.74, 6) is -0.951. The number of aliphatic carboxylic acids is 1. The fourth-order valence-electron chi connectivity index (χ4n) is 1.71. The number of carbonyl (C=O) groups is 2. The maximum atomic E-state index is 11.8. The van der Waals surface area contributed by atoms with Crippen molar-refractivity contribution in [3.63, 3.8) is 0 Å². The summed E-state index contributed by atoms with van der Waals surface area (Å²) in [7, 11) is 3.83. The van der Waals surface area contributed by atoms with E-state index in [0.717, 1.165) is 12.1 Å². The molecule has 6 heteroatoms. The topological polar surface area (TPSA) is 81.7 Å². The first kappa shape index (κ1) is 16.0. The van der Waals surface area contributed by atoms with Crippen LogP contribution >= 0.6 is 0 Å². The molecule has 0 aliphatic heterocycles. The summed E-state index contributed by atoms with van der Waals surface area (Å²) in [5.41, 5.74) is 0.776. The Kier molecular flexibility index (Phi) is 6.52. The number of amides is 2. The number of carboxylic acids is 1. The van der Waals surface area contributed by atoms with Gasteiger partial charge in [-0.3, -0.25) is 4.79 Å². The van der Waals surface area contributed by atoms with Gasteiger partial charge in [0.1, 0.15) is 0 Å². The summed E-state index contributed by atoms with van der Waals surface area (Å²) < 4.78 is 0. The fraction of sp³-hybridized carbons (Fsp3) is 0.429. The molecule has 110 valence electrons. The van der Waals surface area contributed by atoms with Gasteiger partial charge in [-0.25, -0.2) is 4.79 Å². The van der Waals surface area contributed by atoms with Crippen molar-refractivity contribution >= 4 is 12.0 Å². The van der Waals surface area contributed by atoms with E-state index in [1.807, 2.05) is 37.2 Å². The molecule has 0 spiro atoms. The van der Waals surface area contributed by atoms with E-state index in [0.29, 0.717) is 6.54 Å². The Bertz CT molecular complexity index is 435. The van der Waals surface area contributed by atoms with Crippen molar-refractivity contribution in [3.05, 3.63) is 35.9 Å². The molecule has 0 aliphatic rings. The largest absolute Gasteiger partial charge is 0.481 e. The Balaban J connectivity index is 2.57. The molecule has 0 heterocycles. The predicted octanol–water partition coefficient (Wildman–Crippen LogP) is 1.06. The zero-order valence-corrected chi connectivity index (χ0v) is 11.8. The van der Waals surface area contributed by atoms with Crippen LogP contribution in [0.4, 0.5) is 4.79 Å². The minimum atomic E-state index is -0.951. The van der Waals surface area contributed by atoms with Gasteiger partial charge in [0.25, 0.3) is 0 Å². The third-order valence-corrected chi connectivity index (χ3v) is 2.73. The maximum Gasteiger partial charge on any atom is 0.315 e. The monoisotopic (exact) mass is 279 g/mol. The summed E-state index contributed by atoms with van der Waals surface area (Å²) >= 11 is 0. The van der Waals surface area contributed by atoms with Crippen LogP contribution in [-0.4, -0.2) is 49.2 Å². The summed E-state index contributed by atoms with van der Waals surface area (Å²) in [5, 5.41) is 14.3. The van der Waals surface area contributed by atoms with Crippen molar-refractivity contribution in [3.8, 4) is 0 Å². The van der Waals surface area contributed by atoms with Gasteiger partial charge in [-0.2, -0.15) is 0 Å². The van der Waals surface area contributed by atoms with Crippen LogP contribution in [0.5, 0.6) is 0 Å². The second kappa shape index (κ2) is 8.16. The molecule has 1 aromatic carbocycles. The number of benzene rings is 1. The van der Waals surface area contributed by atoms with Gasteiger partial charge < -0.3 is 20.6 Å². The number of nitrogens with one attached hydrogen (secondary N) is 2. The zero-order valence-electron chi connectivity index (χ0n) is 11.8. The van der Waals surface area contributed by atoms with Crippen LogP contribution in [0.1, 0.15) is 18.0 Å². The quantitative estimate of drug-likeness (QED) is 0.697. The van der Waals surface area contributed by atoms with Crippen molar-refractivity contribution in [1.29, 1.82) is 0 Å². The van der Waals surface area contributed by atoms with Gasteiger partial charge in [-0.15, -0.1) is 0 Å². The predicted molar refractivity (Wildman–Crippen MR) is 76.5 cm³/mol. The van der Waals surface area contributed by atoms with Crippen LogP contribution in [0.25, 0.3) is 0 Å². The van der Waals surface area contributed by atoms with Crippen LogP contribution < -0.4 is 10.6 Å². The minimum Gasteiger partial charge on any atom is -0.481 e. The molecule has 1 atom stereocenters. The van der Waals surface area contributed by atoms with E-state index >= 15 is 0 Å². The molecule has 3 N–H and O–H groups in total. The lowest BCUT2D eigenvalue weighted by Crippen LogP contribution is -2.41. The third-order valence-electron chi connectivity index (χ3n) is 2.73. The van der Waals surface area contributed by atoms with Crippen LogP contribution in [0.2, 0.25) is 0 Å². The number of nitrogens with zero attached hydrogens (tertiary/aromatic N) is 1. The molecule has 0 bridgehead atoms. The lowest BCUT2D eigenvalue weighted by Gasteiger charge is -2.18. The average Bonchev–Trinajstić information content (AvgIpc) is 2.38. The molecule has 0 aliphatic carbocycles. The first-order valence-corrected chi connectivity index (χ1v) is 6.45. The molecule has 6 nitrogen and oxygen atoms in total. The van der Waals surface area contributed by atoms with Crippen molar-refractivity contribution in [1.82, 2.24) is 15.5 Å². The number of urea groups is 1. The molecule has 1 unspecified atom stereocenters. The third kappa shape index (κ3) is 6.19. The van der Waals surface area contributed by atoms with E-state index in [9.17, 15) is 9.59 Å². The summed E-state index contributed by atoms with van der Waals surface area (Å²) in [4.78, 5) is 24.6. The Morgan fingerprint density at radius 3 is 2.45 bits per heavy atom. The summed E-state index contributed by atoms with van der Waals surface area (Å²) in [6.07, 6.45) is -0.148. The molecular weight excluding hydrogens is 258 g/mol. The van der Waals surface area contributed by atoms with Gasteiger partial charge in [0, 0.05) is 13.1 Å². The zero-order chi connectivity index (χ0) is 15.0. The lowest BCUT2D eigenvalue weighted by molar-refractivity contribution is -0.137. The first-order chi connectivity index (χ1) is 9.49. The molecule has 20 heavy (non-hydrogen) atoms. The summed E-state index contributed by atoms with van der Waals surface area (Å²) in [6.45, 7) is 1.23. The molecule has 1 aromatic rings. The second-order valence-electron chi connectivity index (χ2n) is 4.76. The van der Waals surface area contributed by atoms with Gasteiger partial charge in [0.05, 0.1) is 12.5 Å². The first-order valence-electron chi connectivity index (χ1n) is 6.45. The molecule has 0 saturated carbocycles. The van der Waals surface area contributed by atoms with E-state index in [-0.39, 0.29) is 12.5 Å². The normalized spacial score (nSPS) is 11.9. The molecular formula is C14H21N3O3. The van der Waals surface area contributed by atoms with E-state index in [4.69, 9.17) is 5.11 Å². The van der Waals surface area contributed by atoms with Crippen LogP contribution in [0.3, 0.4) is 0 Å². The van der Waals surface area contributed by atoms with E-state index < -0.39 is 12.0 Å². The van der Waals surface area contributed by atoms with Gasteiger partial charge in [0.15, 0.2) is 0 Å². The average molecular weight is 279 g/mol. The van der Waals surface area contributed by atoms with Gasteiger partial charge in [-0.1, -0.05) is 30.3 Å². The van der Waals surface area contributed by atoms with E-state index in [1.165, 1.54) is 0 Å². The molecule has 0 fully saturated rings. The number of hydrogen-bond acceptors (Lipinski definition) is 3. The van der Waals surface area contributed by atoms with Gasteiger partial charge in [0.2, 0.25) is 0 Å². The number of likely N-dealkylation sites (N-methyl/N-ethyl adjacent to an activating group) is 1. The lowest BCUT2D eigenvalue weighted by atomic mass is 10.0. The maximum absolute atomic E-state index is 11.8. The highest BCUT2D eigenvalue weighted by molar-refractivity contribution is 5.76. The highest BCUT2D eigenvalue weighted by atomic mass is 16.4. The van der Waals surface area contributed by atoms with Crippen LogP contribution in [0.15, 0.2) is 30.3 Å². The van der Waals surface area contributed by atoms with E-state index in [2.05, 4.69) is 10.6 Å². The van der Waals surface area contributed by atoms with Crippen molar-refractivity contribution in [2.24, 2.45) is 0 Å². The smallest absolute Gasteiger partial charge is 0.315 e. The van der Waals surface area contributed by atoms with E-state index in [1.54, 1.807) is 12.1 Å². The molecule has 2 amide bonds. The Morgan fingerprint density at radius 1 is 1.25 bits per heavy atom. The molecule has 0 radical (unpaired) electrons. The molecule has 0 aromatic heterocycles. The number of carbonyl (C=O) groups excluding carboxylic acids is 1. The Morgan fingerprint density at radius 2 is 1.90 bits per heavy atom. The van der Waals surface area contributed by atoms with Gasteiger partial charge in [-0.05, 0) is 19.7 Å². The minimum absolute atomic E-state index is 0.148. The Labute approximate surface area is 118 Å². The van der Waals surface area contributed by atoms with Crippen molar-refractivity contribution < 1.29 is 14.7 Å². The standard InChI is InChI=1S/C14H21N3O3/c1-17(2)9-8-15-14(20)16-12(10-13(18)19)11-6-4-3-5-7-11/h3-7,12H,8-10H2,1-2H3,(H,18,19)(H2,15,16,20). The van der Waals surface area contributed by atoms with Crippen LogP contribution in [-0.2, 0) is 4.79 Å². The molecule has 0 saturated heterocycles. The van der Waals surface area contributed by atoms with Crippen LogP contribution in [0, 0.1) is 0 Å². The van der Waals surface area contributed by atoms with Gasteiger partial charge >= 0.3 is 12.0 Å². The number of rotatable bonds is 7. The Hall–Kier alpha value is -2.08.